The van der Waals surface area contributed by atoms with Gasteiger partial charge in [0.25, 0.3) is 0 Å². The van der Waals surface area contributed by atoms with Crippen LogP contribution in [-0.4, -0.2) is 6.61 Å². The van der Waals surface area contributed by atoms with Gasteiger partial charge >= 0.3 is 0 Å². The quantitative estimate of drug-likeness (QED) is 0.341. The Kier molecular flexibility index (Phi) is 8.75. The third-order valence-electron chi connectivity index (χ3n) is 8.06. The molecule has 0 bridgehead atoms. The fourth-order valence-electron chi connectivity index (χ4n) is 6.16. The van der Waals surface area contributed by atoms with Crippen molar-refractivity contribution in [2.45, 2.75) is 71.1 Å². The number of rotatable bonds is 8. The zero-order valence-corrected chi connectivity index (χ0v) is 20.9. The van der Waals surface area contributed by atoms with E-state index in [1.54, 1.807) is 12.1 Å². The maximum atomic E-state index is 15.3. The molecule has 2 aliphatic rings. The Hall–Kier alpha value is -2.49. The maximum Gasteiger partial charge on any atom is 0.167 e. The van der Waals surface area contributed by atoms with Crippen molar-refractivity contribution in [1.29, 1.82) is 0 Å². The lowest BCUT2D eigenvalue weighted by molar-refractivity contribution is 0.114. The Bertz CT molecular complexity index is 1060. The summed E-state index contributed by atoms with van der Waals surface area (Å²) >= 11 is 0. The first kappa shape index (κ1) is 25.6. The van der Waals surface area contributed by atoms with Crippen LogP contribution in [0.2, 0.25) is 0 Å². The molecule has 1 nitrogen and oxygen atoms in total. The van der Waals surface area contributed by atoms with Gasteiger partial charge in [0.05, 0.1) is 0 Å². The highest BCUT2D eigenvalue weighted by molar-refractivity contribution is 5.66. The van der Waals surface area contributed by atoms with Gasteiger partial charge in [-0.1, -0.05) is 42.9 Å². The van der Waals surface area contributed by atoms with E-state index in [4.69, 9.17) is 4.74 Å². The van der Waals surface area contributed by atoms with E-state index in [1.807, 2.05) is 19.1 Å². The van der Waals surface area contributed by atoms with Gasteiger partial charge in [-0.2, -0.15) is 0 Å². The third-order valence-corrected chi connectivity index (χ3v) is 8.06. The van der Waals surface area contributed by atoms with Gasteiger partial charge in [0.15, 0.2) is 11.6 Å². The highest BCUT2D eigenvalue weighted by Gasteiger charge is 2.37. The highest BCUT2D eigenvalue weighted by atomic mass is 19.2. The molecule has 0 amide bonds. The summed E-state index contributed by atoms with van der Waals surface area (Å²) in [6.45, 7) is 4.27. The fraction of sp³-hybridized carbons (Fsp3) is 0.484. The van der Waals surface area contributed by atoms with Crippen LogP contribution in [0.3, 0.4) is 0 Å². The number of hydrogen-bond donors (Lipinski definition) is 0. The van der Waals surface area contributed by atoms with E-state index in [0.29, 0.717) is 29.8 Å². The molecule has 2 fully saturated rings. The molecule has 0 saturated heterocycles. The van der Waals surface area contributed by atoms with Crippen molar-refractivity contribution in [1.82, 2.24) is 0 Å². The molecular weight excluding hydrogens is 445 g/mol. The molecule has 4 heteroatoms. The molecule has 0 aliphatic heterocycles. The van der Waals surface area contributed by atoms with Gasteiger partial charge in [0.2, 0.25) is 0 Å². The van der Waals surface area contributed by atoms with Gasteiger partial charge in [-0.15, -0.1) is 0 Å². The molecule has 0 spiro atoms. The van der Waals surface area contributed by atoms with Crippen molar-refractivity contribution in [2.24, 2.45) is 17.8 Å². The van der Waals surface area contributed by atoms with E-state index >= 15 is 8.78 Å². The monoisotopic (exact) mass is 482 g/mol. The van der Waals surface area contributed by atoms with Crippen LogP contribution < -0.4 is 4.74 Å². The van der Waals surface area contributed by atoms with Crippen LogP contribution in [0.4, 0.5) is 13.2 Å². The van der Waals surface area contributed by atoms with E-state index < -0.39 is 17.5 Å². The maximum absolute atomic E-state index is 15.3. The highest BCUT2D eigenvalue weighted by Crippen LogP contribution is 2.49. The Morgan fingerprint density at radius 3 is 2.34 bits per heavy atom. The van der Waals surface area contributed by atoms with Gasteiger partial charge in [-0.3, -0.25) is 0 Å². The molecule has 4 unspecified atom stereocenters. The van der Waals surface area contributed by atoms with Crippen molar-refractivity contribution < 1.29 is 17.9 Å². The smallest absolute Gasteiger partial charge is 0.167 e. The standard InChI is InChI=1S/C31H37F3O/c1-3-5-7-8-21-9-10-23-19-24(12-11-22(23)18-21)26-15-16-28(31(34)30(26)33)27-14-13-25(20-29(27)32)35-17-6-4-2/h3-6,13-16,20-24H,7-12,17-19H2,1-2H3/b5-3+,6-4+. The minimum absolute atomic E-state index is 0.0339. The molecule has 4 atom stereocenters. The molecule has 2 aromatic carbocycles. The van der Waals surface area contributed by atoms with Crippen molar-refractivity contribution in [2.75, 3.05) is 6.61 Å². The largest absolute Gasteiger partial charge is 0.489 e. The SMILES string of the molecule is C/C=C/CCC1CCC2CC(c3ccc(-c4ccc(OC/C=C/C)cc4F)c(F)c3F)CCC2C1. The van der Waals surface area contributed by atoms with E-state index in [2.05, 4.69) is 19.1 Å². The Morgan fingerprint density at radius 1 is 0.829 bits per heavy atom. The number of fused-ring (bicyclic) bond motifs is 1. The zero-order chi connectivity index (χ0) is 24.8. The van der Waals surface area contributed by atoms with Crippen LogP contribution in [0.5, 0.6) is 5.75 Å². The molecule has 0 radical (unpaired) electrons. The van der Waals surface area contributed by atoms with Crippen molar-refractivity contribution in [3.8, 4) is 16.9 Å². The molecule has 0 heterocycles. The lowest BCUT2D eigenvalue weighted by Crippen LogP contribution is -2.30. The predicted molar refractivity (Wildman–Crippen MR) is 137 cm³/mol. The van der Waals surface area contributed by atoms with Gasteiger partial charge in [-0.05, 0) is 100 Å². The molecular formula is C31H37F3O. The lowest BCUT2D eigenvalue weighted by Gasteiger charge is -2.42. The summed E-state index contributed by atoms with van der Waals surface area (Å²) in [5.74, 6) is 0.0965. The lowest BCUT2D eigenvalue weighted by atomic mass is 9.63. The average Bonchev–Trinajstić information content (AvgIpc) is 2.86. The van der Waals surface area contributed by atoms with Crippen LogP contribution in [0, 0.1) is 35.2 Å². The van der Waals surface area contributed by atoms with E-state index in [-0.39, 0.29) is 17.0 Å². The second-order valence-electron chi connectivity index (χ2n) is 10.2. The van der Waals surface area contributed by atoms with Gasteiger partial charge in [0.1, 0.15) is 18.2 Å². The third kappa shape index (κ3) is 6.02. The van der Waals surface area contributed by atoms with Gasteiger partial charge < -0.3 is 4.74 Å². The van der Waals surface area contributed by atoms with Crippen molar-refractivity contribution in [3.05, 3.63) is 77.7 Å². The summed E-state index contributed by atoms with van der Waals surface area (Å²) in [6.07, 6.45) is 17.1. The number of ether oxygens (including phenoxy) is 1. The minimum Gasteiger partial charge on any atom is -0.489 e. The van der Waals surface area contributed by atoms with Crippen LogP contribution in [0.15, 0.2) is 54.6 Å². The van der Waals surface area contributed by atoms with Crippen LogP contribution >= 0.6 is 0 Å². The topological polar surface area (TPSA) is 9.23 Å². The van der Waals surface area contributed by atoms with Crippen molar-refractivity contribution >= 4 is 0 Å². The Balaban J connectivity index is 1.44. The Morgan fingerprint density at radius 2 is 1.57 bits per heavy atom. The number of halogens is 3. The molecule has 2 saturated carbocycles. The first-order chi connectivity index (χ1) is 17.0. The molecule has 35 heavy (non-hydrogen) atoms. The summed E-state index contributed by atoms with van der Waals surface area (Å²) in [5, 5.41) is 0. The average molecular weight is 483 g/mol. The molecule has 2 aromatic rings. The normalized spacial score (nSPS) is 24.7. The van der Waals surface area contributed by atoms with E-state index in [9.17, 15) is 4.39 Å². The molecule has 0 N–H and O–H groups in total. The second-order valence-corrected chi connectivity index (χ2v) is 10.2. The van der Waals surface area contributed by atoms with Crippen LogP contribution in [0.25, 0.3) is 11.1 Å². The number of allylic oxidation sites excluding steroid dienone is 3. The summed E-state index contributed by atoms with van der Waals surface area (Å²) in [5.41, 5.74) is 0.456. The fourth-order valence-corrected chi connectivity index (χ4v) is 6.16. The number of benzene rings is 2. The first-order valence-corrected chi connectivity index (χ1v) is 13.1. The summed E-state index contributed by atoms with van der Waals surface area (Å²) in [6, 6.07) is 7.48. The Labute approximate surface area is 208 Å². The van der Waals surface area contributed by atoms with E-state index in [0.717, 1.165) is 31.6 Å². The number of hydrogen-bond acceptors (Lipinski definition) is 1. The van der Waals surface area contributed by atoms with Gasteiger partial charge in [0, 0.05) is 17.2 Å². The van der Waals surface area contributed by atoms with Gasteiger partial charge in [-0.25, -0.2) is 13.2 Å². The molecule has 0 aromatic heterocycles. The van der Waals surface area contributed by atoms with E-state index in [1.165, 1.54) is 43.9 Å². The van der Waals surface area contributed by atoms with Crippen molar-refractivity contribution in [3.63, 3.8) is 0 Å². The van der Waals surface area contributed by atoms with Crippen LogP contribution in [-0.2, 0) is 0 Å². The zero-order valence-electron chi connectivity index (χ0n) is 20.9. The minimum atomic E-state index is -0.959. The first-order valence-electron chi connectivity index (χ1n) is 13.1. The summed E-state index contributed by atoms with van der Waals surface area (Å²) in [7, 11) is 0. The predicted octanol–water partition coefficient (Wildman–Crippen LogP) is 9.38. The summed E-state index contributed by atoms with van der Waals surface area (Å²) in [4.78, 5) is 0. The molecule has 188 valence electrons. The molecule has 4 rings (SSSR count). The summed E-state index contributed by atoms with van der Waals surface area (Å²) < 4.78 is 50.6. The molecule has 2 aliphatic carbocycles. The van der Waals surface area contributed by atoms with Crippen LogP contribution in [0.1, 0.15) is 76.7 Å². The second kappa shape index (κ2) is 12.0.